The van der Waals surface area contributed by atoms with Crippen molar-refractivity contribution in [3.63, 3.8) is 0 Å². The third-order valence-electron chi connectivity index (χ3n) is 3.92. The van der Waals surface area contributed by atoms with Crippen LogP contribution in [0.1, 0.15) is 0 Å². The zero-order chi connectivity index (χ0) is 21.7. The zero-order valence-corrected chi connectivity index (χ0v) is 16.2. The number of hydrogen-bond donors (Lipinski definition) is 3. The monoisotopic (exact) mass is 413 g/mol. The van der Waals surface area contributed by atoms with Gasteiger partial charge in [-0.1, -0.05) is 0 Å². The molecule has 0 bridgehead atoms. The van der Waals surface area contributed by atoms with Crippen molar-refractivity contribution in [1.82, 2.24) is 19.8 Å². The number of primary amides is 1. The van der Waals surface area contributed by atoms with Crippen molar-refractivity contribution in [3.05, 3.63) is 52.9 Å². The molecule has 3 aromatic rings. The molecule has 0 radical (unpaired) electrons. The Bertz CT molecular complexity index is 1100. The molecule has 1 heterocycles. The van der Waals surface area contributed by atoms with Crippen molar-refractivity contribution in [2.24, 2.45) is 5.73 Å². The molecule has 0 saturated heterocycles. The number of urea groups is 1. The molecule has 0 aliphatic heterocycles. The predicted molar refractivity (Wildman–Crippen MR) is 107 cm³/mol. The molecule has 30 heavy (non-hydrogen) atoms. The van der Waals surface area contributed by atoms with E-state index in [4.69, 9.17) is 15.2 Å². The Morgan fingerprint density at radius 3 is 2.13 bits per heavy atom. The van der Waals surface area contributed by atoms with Crippen molar-refractivity contribution in [1.29, 1.82) is 0 Å². The van der Waals surface area contributed by atoms with E-state index in [1.54, 1.807) is 42.5 Å². The molecule has 0 atom stereocenters. The van der Waals surface area contributed by atoms with Crippen LogP contribution in [-0.2, 0) is 11.3 Å². The van der Waals surface area contributed by atoms with Crippen molar-refractivity contribution in [2.75, 3.05) is 24.9 Å². The van der Waals surface area contributed by atoms with Gasteiger partial charge in [0, 0.05) is 29.6 Å². The predicted octanol–water partition coefficient (Wildman–Crippen LogP) is 0.576. The minimum absolute atomic E-state index is 0.367. The average molecular weight is 413 g/mol. The first kappa shape index (κ1) is 20.4. The summed E-state index contributed by atoms with van der Waals surface area (Å²) in [4.78, 5) is 35.4. The van der Waals surface area contributed by atoms with E-state index in [9.17, 15) is 14.4 Å². The number of carbonyl (C=O) groups is 2. The molecule has 3 amide bonds. The van der Waals surface area contributed by atoms with Crippen LogP contribution in [0.5, 0.6) is 11.5 Å². The van der Waals surface area contributed by atoms with Gasteiger partial charge in [0.15, 0.2) is 0 Å². The summed E-state index contributed by atoms with van der Waals surface area (Å²) < 4.78 is 12.2. The van der Waals surface area contributed by atoms with Crippen molar-refractivity contribution in [2.45, 2.75) is 6.54 Å². The van der Waals surface area contributed by atoms with Crippen LogP contribution in [0.2, 0.25) is 0 Å². The summed E-state index contributed by atoms with van der Waals surface area (Å²) in [6.07, 6.45) is 0. The van der Waals surface area contributed by atoms with E-state index in [1.165, 1.54) is 14.2 Å². The van der Waals surface area contributed by atoms with Crippen molar-refractivity contribution in [3.8, 4) is 17.2 Å². The minimum atomic E-state index is -0.705. The second-order valence-corrected chi connectivity index (χ2v) is 6.02. The highest BCUT2D eigenvalue weighted by atomic mass is 16.5. The second-order valence-electron chi connectivity index (χ2n) is 6.02. The molecule has 0 aliphatic carbocycles. The highest BCUT2D eigenvalue weighted by molar-refractivity contribution is 6.00. The normalized spacial score (nSPS) is 10.3. The number of hydrogen-bond acceptors (Lipinski definition) is 7. The fraction of sp³-hybridized carbons (Fsp3) is 0.167. The Balaban J connectivity index is 1.69. The Hall–Kier alpha value is -4.35. The number of aromatic nitrogens is 4. The summed E-state index contributed by atoms with van der Waals surface area (Å²) >= 11 is 0. The molecule has 156 valence electrons. The van der Waals surface area contributed by atoms with Gasteiger partial charge < -0.3 is 25.8 Å². The maximum atomic E-state index is 12.3. The standard InChI is InChI=1S/C18H19N7O5/c1-29-14-7-12(8-15(9-14)30-2)21-17(27)20-11-3-5-13(6-4-11)25-18(28)24(22-23-25)10-16(19)26/h3-9H,10H2,1-2H3,(H2,19,26)(H2,20,21,27). The number of rotatable bonds is 7. The fourth-order valence-electron chi connectivity index (χ4n) is 2.54. The topological polar surface area (TPSA) is 155 Å². The van der Waals surface area contributed by atoms with Gasteiger partial charge in [0.25, 0.3) is 0 Å². The molecular formula is C18H19N7O5. The van der Waals surface area contributed by atoms with E-state index in [2.05, 4.69) is 21.1 Å². The molecule has 2 aromatic carbocycles. The smallest absolute Gasteiger partial charge is 0.368 e. The zero-order valence-electron chi connectivity index (χ0n) is 16.2. The number of ether oxygens (including phenoxy) is 2. The lowest BCUT2D eigenvalue weighted by atomic mass is 10.2. The van der Waals surface area contributed by atoms with Crippen LogP contribution in [0.25, 0.3) is 5.69 Å². The molecule has 0 unspecified atom stereocenters. The average Bonchev–Trinajstić information content (AvgIpc) is 3.07. The lowest BCUT2D eigenvalue weighted by Gasteiger charge is -2.11. The number of nitrogens with zero attached hydrogens (tertiary/aromatic N) is 4. The maximum Gasteiger partial charge on any atom is 0.368 e. The van der Waals surface area contributed by atoms with Gasteiger partial charge in [-0.25, -0.2) is 9.59 Å². The molecule has 0 saturated carbocycles. The molecular weight excluding hydrogens is 394 g/mol. The minimum Gasteiger partial charge on any atom is -0.497 e. The van der Waals surface area contributed by atoms with E-state index in [0.29, 0.717) is 28.6 Å². The molecule has 0 aliphatic rings. The lowest BCUT2D eigenvalue weighted by molar-refractivity contribution is -0.118. The highest BCUT2D eigenvalue weighted by Gasteiger charge is 2.11. The van der Waals surface area contributed by atoms with Crippen molar-refractivity contribution < 1.29 is 19.1 Å². The fourth-order valence-corrected chi connectivity index (χ4v) is 2.54. The van der Waals surface area contributed by atoms with Gasteiger partial charge in [-0.2, -0.15) is 9.36 Å². The first-order valence-corrected chi connectivity index (χ1v) is 8.62. The van der Waals surface area contributed by atoms with Gasteiger partial charge in [0.1, 0.15) is 18.0 Å². The summed E-state index contributed by atoms with van der Waals surface area (Å²) in [5.41, 5.74) is 5.81. The van der Waals surface area contributed by atoms with Gasteiger partial charge in [-0.15, -0.1) is 0 Å². The molecule has 4 N–H and O–H groups in total. The molecule has 3 rings (SSSR count). The van der Waals surface area contributed by atoms with Gasteiger partial charge in [-0.05, 0) is 34.7 Å². The van der Waals surface area contributed by atoms with Gasteiger partial charge >= 0.3 is 11.7 Å². The summed E-state index contributed by atoms with van der Waals surface area (Å²) in [5.74, 6) is 0.357. The van der Waals surface area contributed by atoms with Crippen LogP contribution in [0, 0.1) is 0 Å². The number of nitrogens with two attached hydrogens (primary N) is 1. The molecule has 0 spiro atoms. The number of nitrogens with one attached hydrogen (secondary N) is 2. The van der Waals surface area contributed by atoms with E-state index in [1.807, 2.05) is 0 Å². The van der Waals surface area contributed by atoms with E-state index < -0.39 is 17.6 Å². The number of amides is 3. The van der Waals surface area contributed by atoms with Gasteiger partial charge in [-0.3, -0.25) is 4.79 Å². The largest absolute Gasteiger partial charge is 0.497 e. The van der Waals surface area contributed by atoms with Gasteiger partial charge in [0.2, 0.25) is 5.91 Å². The SMILES string of the molecule is COc1cc(NC(=O)Nc2ccc(-n3nnn(CC(N)=O)c3=O)cc2)cc(OC)c1. The summed E-state index contributed by atoms with van der Waals surface area (Å²) in [7, 11) is 3.02. The summed E-state index contributed by atoms with van der Waals surface area (Å²) in [6, 6.07) is 10.8. The number of tetrazole rings is 1. The first-order chi connectivity index (χ1) is 14.4. The Morgan fingerprint density at radius 1 is 0.967 bits per heavy atom. The van der Waals surface area contributed by atoms with Crippen LogP contribution in [-0.4, -0.2) is 45.9 Å². The molecule has 0 fully saturated rings. The Kier molecular flexibility index (Phi) is 5.96. The van der Waals surface area contributed by atoms with Gasteiger partial charge in [0.05, 0.1) is 19.9 Å². The highest BCUT2D eigenvalue weighted by Crippen LogP contribution is 2.25. The molecule has 1 aromatic heterocycles. The van der Waals surface area contributed by atoms with E-state index in [-0.39, 0.29) is 6.54 Å². The third-order valence-corrected chi connectivity index (χ3v) is 3.92. The van der Waals surface area contributed by atoms with Crippen LogP contribution in [0.3, 0.4) is 0 Å². The van der Waals surface area contributed by atoms with Crippen LogP contribution in [0.4, 0.5) is 16.2 Å². The van der Waals surface area contributed by atoms with E-state index in [0.717, 1.165) is 9.36 Å². The van der Waals surface area contributed by atoms with Crippen LogP contribution >= 0.6 is 0 Å². The number of methoxy groups -OCH3 is 2. The molecule has 12 nitrogen and oxygen atoms in total. The number of anilines is 2. The molecule has 12 heteroatoms. The Labute approximate surface area is 170 Å². The number of benzene rings is 2. The summed E-state index contributed by atoms with van der Waals surface area (Å²) in [6.45, 7) is -0.367. The Morgan fingerprint density at radius 2 is 1.57 bits per heavy atom. The lowest BCUT2D eigenvalue weighted by Crippen LogP contribution is -2.30. The summed E-state index contributed by atoms with van der Waals surface area (Å²) in [5, 5.41) is 12.6. The quantitative estimate of drug-likeness (QED) is 0.511. The first-order valence-electron chi connectivity index (χ1n) is 8.62. The second kappa shape index (κ2) is 8.77. The van der Waals surface area contributed by atoms with E-state index >= 15 is 0 Å². The van der Waals surface area contributed by atoms with Crippen LogP contribution in [0.15, 0.2) is 47.3 Å². The van der Waals surface area contributed by atoms with Crippen LogP contribution < -0.4 is 31.5 Å². The third kappa shape index (κ3) is 4.73. The number of carbonyl (C=O) groups excluding carboxylic acids is 2. The van der Waals surface area contributed by atoms with Crippen molar-refractivity contribution >= 4 is 23.3 Å². The maximum absolute atomic E-state index is 12.3.